The molecule has 5 atom stereocenters. The molecule has 0 unspecified atom stereocenters. The third-order valence-electron chi connectivity index (χ3n) is 14.8. The van der Waals surface area contributed by atoms with Gasteiger partial charge in [0.1, 0.15) is 17.7 Å². The molecule has 14 nitrogen and oxygen atoms in total. The van der Waals surface area contributed by atoms with E-state index in [2.05, 4.69) is 41.0 Å². The van der Waals surface area contributed by atoms with E-state index in [-0.39, 0.29) is 54.6 Å². The molecule has 16 heteroatoms. The number of aryl methyl sites for hydroxylation is 1. The normalized spacial score (nSPS) is 23.1. The van der Waals surface area contributed by atoms with Crippen molar-refractivity contribution in [3.8, 4) is 22.4 Å². The van der Waals surface area contributed by atoms with Crippen molar-refractivity contribution in [3.05, 3.63) is 77.1 Å². The summed E-state index contributed by atoms with van der Waals surface area (Å²) in [4.78, 5) is 65.5. The number of cyclic esters (lactones) is 1. The molecule has 2 N–H and O–H groups in total. The van der Waals surface area contributed by atoms with Gasteiger partial charge in [0.15, 0.2) is 0 Å². The highest BCUT2D eigenvalue weighted by molar-refractivity contribution is 5.96. The van der Waals surface area contributed by atoms with Crippen LogP contribution in [0.4, 0.5) is 13.6 Å². The first-order valence-electron chi connectivity index (χ1n) is 25.4. The lowest BCUT2D eigenvalue weighted by molar-refractivity contribution is -0.155. The van der Waals surface area contributed by atoms with E-state index < -0.39 is 47.4 Å². The van der Waals surface area contributed by atoms with Crippen LogP contribution >= 0.6 is 0 Å². The lowest BCUT2D eigenvalue weighted by Crippen LogP contribution is -2.62. The summed E-state index contributed by atoms with van der Waals surface area (Å²) >= 11 is 0. The molecule has 0 saturated carbocycles. The maximum absolute atomic E-state index is 15.1. The molecule has 384 valence electrons. The summed E-state index contributed by atoms with van der Waals surface area (Å²) in [5, 5.41) is 5.42. The Kier molecular flexibility index (Phi) is 15.0. The number of fused-ring (bicyclic) bond motifs is 6. The highest BCUT2D eigenvalue weighted by Gasteiger charge is 2.49. The van der Waals surface area contributed by atoms with Crippen LogP contribution in [0.2, 0.25) is 0 Å². The smallest absolute Gasteiger partial charge is 0.410 e. The molecule has 6 bridgehead atoms. The number of hydrogen-bond acceptors (Lipinski definition) is 10. The molecule has 0 radical (unpaired) electrons. The summed E-state index contributed by atoms with van der Waals surface area (Å²) in [5.74, 6) is -1.49. The van der Waals surface area contributed by atoms with Gasteiger partial charge in [0.05, 0.1) is 30.1 Å². The molecule has 3 saturated heterocycles. The molecule has 0 aliphatic carbocycles. The number of nitrogens with zero attached hydrogens (tertiary/aromatic N) is 5. The van der Waals surface area contributed by atoms with Gasteiger partial charge in [0, 0.05) is 85.3 Å². The first kappa shape index (κ1) is 51.9. The highest BCUT2D eigenvalue weighted by atomic mass is 19.3. The second kappa shape index (κ2) is 20.6. The van der Waals surface area contributed by atoms with Crippen LogP contribution in [0.3, 0.4) is 0 Å². The molecule has 1 spiro atoms. The van der Waals surface area contributed by atoms with Crippen molar-refractivity contribution >= 4 is 34.8 Å². The predicted octanol–water partition coefficient (Wildman–Crippen LogP) is 9.04. The molecule has 71 heavy (non-hydrogen) atoms. The Morgan fingerprint density at radius 1 is 1.00 bits per heavy atom. The number of methoxy groups -OCH3 is 1. The summed E-state index contributed by atoms with van der Waals surface area (Å²) in [5.41, 5.74) is 7.80. The van der Waals surface area contributed by atoms with Crippen LogP contribution in [0.15, 0.2) is 54.7 Å². The number of nitrogens with one attached hydrogen (secondary N) is 2. The van der Waals surface area contributed by atoms with Crippen LogP contribution in [0, 0.1) is 16.7 Å². The molecule has 4 aliphatic rings. The second-order valence-electron chi connectivity index (χ2n) is 22.5. The van der Waals surface area contributed by atoms with Crippen LogP contribution in [-0.4, -0.2) is 118 Å². The number of likely N-dealkylation sites (tertiary alicyclic amines) is 2. The van der Waals surface area contributed by atoms with Crippen molar-refractivity contribution in [1.82, 2.24) is 35.1 Å². The number of pyridine rings is 1. The standard InChI is InChI=1S/C55H73F2N7O7/c1-11-63-44-17-16-36-28-40(44)41(47(63)39-14-12-20-58-45(39)34(4)69-10)29-54(8,9)32-70-51(67)42-15-13-21-64(60-42)50(66)43(26-35-24-37(36)27-38(25-35)48(56)57)59-49(65)46(33(2)3)61-22-18-55(30-61)19-23-62(31-55)52(68)71-53(5,6)7/h12,14,16-17,20,24-25,27-28,33-34,42-43,46,48,60H,11,13,15,18-19,21-23,26,29-32H2,1-10H3,(H,59,65)/t34-,42-,43-,46-,55-/m0/s1. The number of alkyl halides is 2. The van der Waals surface area contributed by atoms with E-state index in [4.69, 9.17) is 19.2 Å². The summed E-state index contributed by atoms with van der Waals surface area (Å²) in [6, 6.07) is 12.1. The van der Waals surface area contributed by atoms with E-state index in [1.54, 1.807) is 18.2 Å². The minimum absolute atomic E-state index is 0.0795. The van der Waals surface area contributed by atoms with Gasteiger partial charge in [-0.1, -0.05) is 45.9 Å². The maximum Gasteiger partial charge on any atom is 0.410 e. The minimum atomic E-state index is -2.82. The maximum atomic E-state index is 15.1. The third-order valence-corrected chi connectivity index (χ3v) is 14.8. The number of carbonyl (C=O) groups excluding carboxylic acids is 4. The minimum Gasteiger partial charge on any atom is -0.464 e. The van der Waals surface area contributed by atoms with Gasteiger partial charge in [-0.05, 0) is 132 Å². The number of aromatic nitrogens is 2. The Bertz CT molecular complexity index is 2640. The Morgan fingerprint density at radius 2 is 1.76 bits per heavy atom. The van der Waals surface area contributed by atoms with Crippen LogP contribution in [0.25, 0.3) is 33.3 Å². The van der Waals surface area contributed by atoms with Crippen LogP contribution in [0.1, 0.15) is 123 Å². The van der Waals surface area contributed by atoms with E-state index in [9.17, 15) is 19.2 Å². The molecule has 6 heterocycles. The van der Waals surface area contributed by atoms with Crippen LogP contribution in [0.5, 0.6) is 0 Å². The van der Waals surface area contributed by atoms with Crippen molar-refractivity contribution in [2.24, 2.45) is 16.7 Å². The Hall–Kier alpha value is -5.45. The fourth-order valence-corrected chi connectivity index (χ4v) is 11.3. The number of ether oxygens (including phenoxy) is 3. The van der Waals surface area contributed by atoms with Crippen molar-refractivity contribution in [2.75, 3.05) is 46.4 Å². The van der Waals surface area contributed by atoms with E-state index in [0.717, 1.165) is 46.3 Å². The largest absolute Gasteiger partial charge is 0.464 e. The number of halogens is 2. The topological polar surface area (TPSA) is 148 Å². The number of carbonyl (C=O) groups is 4. The summed E-state index contributed by atoms with van der Waals surface area (Å²) in [6.45, 7) is 20.9. The van der Waals surface area contributed by atoms with Gasteiger partial charge in [-0.2, -0.15) is 0 Å². The fraction of sp³-hybridized carbons (Fsp3) is 0.582. The Morgan fingerprint density at radius 3 is 2.46 bits per heavy atom. The predicted molar refractivity (Wildman–Crippen MR) is 268 cm³/mol. The monoisotopic (exact) mass is 982 g/mol. The van der Waals surface area contributed by atoms with E-state index >= 15 is 8.78 Å². The van der Waals surface area contributed by atoms with Gasteiger partial charge in [-0.3, -0.25) is 29.3 Å². The molecule has 2 aromatic heterocycles. The molecule has 2 aromatic carbocycles. The first-order chi connectivity index (χ1) is 33.6. The quantitative estimate of drug-likeness (QED) is 0.156. The first-order valence-corrected chi connectivity index (χ1v) is 25.4. The zero-order valence-corrected chi connectivity index (χ0v) is 43.2. The second-order valence-corrected chi connectivity index (χ2v) is 22.5. The molecular formula is C55H73F2N7O7. The number of esters is 1. The van der Waals surface area contributed by atoms with Crippen LogP contribution < -0.4 is 10.7 Å². The number of rotatable bonds is 9. The van der Waals surface area contributed by atoms with Gasteiger partial charge in [-0.15, -0.1) is 0 Å². The van der Waals surface area contributed by atoms with Gasteiger partial charge in [-0.25, -0.2) is 19.0 Å². The SMILES string of the molecule is CCn1c(-c2cccnc2[C@H](C)OC)c2c3cc(ccc31)-c1cc(cc(C(F)F)c1)C[C@H](NC(=O)[C@H](C(C)C)N1CC[C@]3(CCN(C(=O)OC(C)(C)C)C3)C1)C(=O)N1CCC[C@H](N1)C(=O)OCC(C)(C)C2. The molecule has 4 aliphatic heterocycles. The summed E-state index contributed by atoms with van der Waals surface area (Å²) in [7, 11) is 1.65. The van der Waals surface area contributed by atoms with E-state index in [1.807, 2.05) is 77.9 Å². The summed E-state index contributed by atoms with van der Waals surface area (Å²) < 4.78 is 50.0. The highest BCUT2D eigenvalue weighted by Crippen LogP contribution is 2.44. The number of benzene rings is 2. The lowest BCUT2D eigenvalue weighted by atomic mass is 9.84. The van der Waals surface area contributed by atoms with Crippen LogP contribution in [-0.2, 0) is 48.0 Å². The Balaban J connectivity index is 1.19. The zero-order valence-electron chi connectivity index (χ0n) is 43.2. The van der Waals surface area contributed by atoms with Crippen molar-refractivity contribution in [3.63, 3.8) is 0 Å². The van der Waals surface area contributed by atoms with E-state index in [1.165, 1.54) is 17.1 Å². The fourth-order valence-electron chi connectivity index (χ4n) is 11.3. The van der Waals surface area contributed by atoms with Crippen molar-refractivity contribution in [2.45, 2.75) is 144 Å². The van der Waals surface area contributed by atoms with Gasteiger partial charge < -0.3 is 29.0 Å². The van der Waals surface area contributed by atoms with Gasteiger partial charge in [0.2, 0.25) is 5.91 Å². The molecule has 3 fully saturated rings. The molecule has 3 amide bonds. The van der Waals surface area contributed by atoms with Gasteiger partial charge in [0.25, 0.3) is 12.3 Å². The number of hydrazine groups is 1. The third kappa shape index (κ3) is 11.1. The Labute approximate surface area is 417 Å². The summed E-state index contributed by atoms with van der Waals surface area (Å²) in [6.07, 6.45) is 1.16. The van der Waals surface area contributed by atoms with Crippen molar-refractivity contribution < 1.29 is 42.2 Å². The zero-order chi connectivity index (χ0) is 51.2. The number of hydrogen-bond donors (Lipinski definition) is 2. The average Bonchev–Trinajstić information content (AvgIpc) is 4.03. The number of amides is 3. The molecule has 4 aromatic rings. The molecule has 8 rings (SSSR count). The van der Waals surface area contributed by atoms with Crippen molar-refractivity contribution in [1.29, 1.82) is 0 Å². The van der Waals surface area contributed by atoms with E-state index in [0.29, 0.717) is 68.7 Å². The molecular weight excluding hydrogens is 909 g/mol. The van der Waals surface area contributed by atoms with Gasteiger partial charge >= 0.3 is 12.1 Å². The average molecular weight is 982 g/mol. The lowest BCUT2D eigenvalue weighted by Gasteiger charge is -2.37.